The molecule has 1 aromatic carbocycles. The van der Waals surface area contributed by atoms with Crippen LogP contribution in [0, 0.1) is 11.2 Å². The van der Waals surface area contributed by atoms with Crippen LogP contribution >= 0.6 is 0 Å². The zero-order valence-corrected chi connectivity index (χ0v) is 11.6. The Kier molecular flexibility index (Phi) is 4.58. The van der Waals surface area contributed by atoms with Crippen LogP contribution in [0.2, 0.25) is 0 Å². The molecular weight excluding hydrogens is 241 g/mol. The van der Waals surface area contributed by atoms with Crippen molar-refractivity contribution in [2.75, 3.05) is 6.54 Å². The molecule has 1 saturated carbocycles. The number of rotatable bonds is 5. The highest BCUT2D eigenvalue weighted by atomic mass is 19.1. The van der Waals surface area contributed by atoms with E-state index in [1.807, 2.05) is 0 Å². The van der Waals surface area contributed by atoms with Gasteiger partial charge < -0.3 is 10.8 Å². The third-order valence-electron chi connectivity index (χ3n) is 4.87. The molecule has 0 radical (unpaired) electrons. The SMILES string of the molecule is CCC1(C(O)C(CN)c2ccccc2F)CCCC1. The van der Waals surface area contributed by atoms with E-state index in [4.69, 9.17) is 5.73 Å². The Hall–Kier alpha value is -0.930. The predicted molar refractivity (Wildman–Crippen MR) is 75.4 cm³/mol. The molecule has 1 fully saturated rings. The molecule has 3 heteroatoms. The van der Waals surface area contributed by atoms with E-state index in [0.717, 1.165) is 32.1 Å². The van der Waals surface area contributed by atoms with Crippen molar-refractivity contribution in [3.8, 4) is 0 Å². The summed E-state index contributed by atoms with van der Waals surface area (Å²) >= 11 is 0. The maximum absolute atomic E-state index is 13.9. The van der Waals surface area contributed by atoms with Gasteiger partial charge in [-0.3, -0.25) is 0 Å². The van der Waals surface area contributed by atoms with Crippen LogP contribution in [0.4, 0.5) is 4.39 Å². The van der Waals surface area contributed by atoms with Crippen molar-refractivity contribution in [2.24, 2.45) is 11.1 Å². The minimum absolute atomic E-state index is 0.0771. The number of aliphatic hydroxyl groups is 1. The van der Waals surface area contributed by atoms with Crippen LogP contribution in [0.1, 0.15) is 50.5 Å². The summed E-state index contributed by atoms with van der Waals surface area (Å²) < 4.78 is 13.9. The lowest BCUT2D eigenvalue weighted by Crippen LogP contribution is -2.40. The largest absolute Gasteiger partial charge is 0.392 e. The van der Waals surface area contributed by atoms with Crippen LogP contribution in [-0.4, -0.2) is 17.8 Å². The van der Waals surface area contributed by atoms with E-state index >= 15 is 0 Å². The van der Waals surface area contributed by atoms with Gasteiger partial charge in [-0.25, -0.2) is 4.39 Å². The first-order chi connectivity index (χ1) is 9.14. The highest BCUT2D eigenvalue weighted by Gasteiger charge is 2.43. The van der Waals surface area contributed by atoms with Crippen molar-refractivity contribution in [3.63, 3.8) is 0 Å². The smallest absolute Gasteiger partial charge is 0.126 e. The molecule has 0 heterocycles. The lowest BCUT2D eigenvalue weighted by Gasteiger charge is -2.38. The molecule has 0 saturated heterocycles. The van der Waals surface area contributed by atoms with E-state index in [2.05, 4.69) is 6.92 Å². The number of nitrogens with two attached hydrogens (primary N) is 1. The Balaban J connectivity index is 2.29. The quantitative estimate of drug-likeness (QED) is 0.858. The lowest BCUT2D eigenvalue weighted by molar-refractivity contribution is 0.00525. The Morgan fingerprint density at radius 1 is 1.32 bits per heavy atom. The minimum atomic E-state index is -0.554. The topological polar surface area (TPSA) is 46.2 Å². The molecule has 1 aliphatic rings. The van der Waals surface area contributed by atoms with E-state index < -0.39 is 6.10 Å². The Morgan fingerprint density at radius 3 is 2.47 bits per heavy atom. The molecular formula is C16H24FNO. The van der Waals surface area contributed by atoms with Crippen LogP contribution in [0.5, 0.6) is 0 Å². The minimum Gasteiger partial charge on any atom is -0.392 e. The van der Waals surface area contributed by atoms with Crippen LogP contribution in [0.25, 0.3) is 0 Å². The van der Waals surface area contributed by atoms with Crippen LogP contribution < -0.4 is 5.73 Å². The number of hydrogen-bond donors (Lipinski definition) is 2. The molecule has 1 aliphatic carbocycles. The van der Waals surface area contributed by atoms with Gasteiger partial charge in [0.1, 0.15) is 5.82 Å². The summed E-state index contributed by atoms with van der Waals surface area (Å²) in [5.74, 6) is -0.569. The second-order valence-electron chi connectivity index (χ2n) is 5.73. The highest BCUT2D eigenvalue weighted by Crippen LogP contribution is 2.47. The molecule has 3 N–H and O–H groups in total. The summed E-state index contributed by atoms with van der Waals surface area (Å²) in [6.45, 7) is 2.40. The van der Waals surface area contributed by atoms with Crippen molar-refractivity contribution in [3.05, 3.63) is 35.6 Å². The third kappa shape index (κ3) is 2.67. The predicted octanol–water partition coefficient (Wildman–Crippen LogP) is 3.20. The van der Waals surface area contributed by atoms with E-state index in [9.17, 15) is 9.50 Å². The monoisotopic (exact) mass is 265 g/mol. The fourth-order valence-electron chi connectivity index (χ4n) is 3.57. The number of aliphatic hydroxyl groups excluding tert-OH is 1. The van der Waals surface area contributed by atoms with Gasteiger partial charge in [-0.15, -0.1) is 0 Å². The fourth-order valence-corrected chi connectivity index (χ4v) is 3.57. The van der Waals surface area contributed by atoms with Crippen LogP contribution in [-0.2, 0) is 0 Å². The van der Waals surface area contributed by atoms with Gasteiger partial charge in [0.25, 0.3) is 0 Å². The lowest BCUT2D eigenvalue weighted by atomic mass is 9.71. The standard InChI is InChI=1S/C16H24FNO/c1-2-16(9-5-6-10-16)15(19)13(11-18)12-7-3-4-8-14(12)17/h3-4,7-8,13,15,19H,2,5-6,9-11,18H2,1H3. The summed E-state index contributed by atoms with van der Waals surface area (Å²) in [7, 11) is 0. The molecule has 2 rings (SSSR count). The van der Waals surface area contributed by atoms with Gasteiger partial charge in [-0.2, -0.15) is 0 Å². The normalized spacial score (nSPS) is 21.3. The molecule has 0 spiro atoms. The average Bonchev–Trinajstić information content (AvgIpc) is 2.91. The molecule has 0 aromatic heterocycles. The zero-order chi connectivity index (χ0) is 13.9. The maximum Gasteiger partial charge on any atom is 0.126 e. The molecule has 2 unspecified atom stereocenters. The van der Waals surface area contributed by atoms with Crippen LogP contribution in [0.3, 0.4) is 0 Å². The van der Waals surface area contributed by atoms with Gasteiger partial charge in [-0.1, -0.05) is 38.0 Å². The molecule has 1 aromatic rings. The van der Waals surface area contributed by atoms with Crippen molar-refractivity contribution < 1.29 is 9.50 Å². The van der Waals surface area contributed by atoms with Gasteiger partial charge in [0.15, 0.2) is 0 Å². The first kappa shape index (κ1) is 14.5. The van der Waals surface area contributed by atoms with E-state index in [0.29, 0.717) is 5.56 Å². The zero-order valence-electron chi connectivity index (χ0n) is 11.6. The molecule has 0 aliphatic heterocycles. The molecule has 0 amide bonds. The van der Waals surface area contributed by atoms with E-state index in [-0.39, 0.29) is 23.7 Å². The van der Waals surface area contributed by atoms with Gasteiger partial charge >= 0.3 is 0 Å². The van der Waals surface area contributed by atoms with Crippen LogP contribution in [0.15, 0.2) is 24.3 Å². The third-order valence-corrected chi connectivity index (χ3v) is 4.87. The molecule has 19 heavy (non-hydrogen) atoms. The van der Waals surface area contributed by atoms with Gasteiger partial charge in [0.2, 0.25) is 0 Å². The first-order valence-electron chi connectivity index (χ1n) is 7.27. The second kappa shape index (κ2) is 6.02. The number of halogens is 1. The van der Waals surface area contributed by atoms with Gasteiger partial charge in [0, 0.05) is 12.5 Å². The van der Waals surface area contributed by atoms with Gasteiger partial charge in [0.05, 0.1) is 6.10 Å². The summed E-state index contributed by atoms with van der Waals surface area (Å²) in [6, 6.07) is 6.66. The Bertz CT molecular complexity index is 415. The molecule has 2 nitrogen and oxygen atoms in total. The van der Waals surface area contributed by atoms with Crippen molar-refractivity contribution in [2.45, 2.75) is 51.0 Å². The molecule has 0 bridgehead atoms. The first-order valence-corrected chi connectivity index (χ1v) is 7.27. The number of hydrogen-bond acceptors (Lipinski definition) is 2. The van der Waals surface area contributed by atoms with E-state index in [1.54, 1.807) is 18.2 Å². The Morgan fingerprint density at radius 2 is 1.95 bits per heavy atom. The van der Waals surface area contributed by atoms with Crippen molar-refractivity contribution in [1.29, 1.82) is 0 Å². The summed E-state index contributed by atoms with van der Waals surface area (Å²) in [6.07, 6.45) is 4.73. The molecule has 106 valence electrons. The fraction of sp³-hybridized carbons (Fsp3) is 0.625. The molecule has 2 atom stereocenters. The van der Waals surface area contributed by atoms with E-state index in [1.165, 1.54) is 6.07 Å². The second-order valence-corrected chi connectivity index (χ2v) is 5.73. The van der Waals surface area contributed by atoms with Crippen molar-refractivity contribution in [1.82, 2.24) is 0 Å². The Labute approximate surface area is 114 Å². The number of benzene rings is 1. The average molecular weight is 265 g/mol. The maximum atomic E-state index is 13.9. The highest BCUT2D eigenvalue weighted by molar-refractivity contribution is 5.24. The summed E-state index contributed by atoms with van der Waals surface area (Å²) in [5, 5.41) is 10.8. The summed E-state index contributed by atoms with van der Waals surface area (Å²) in [4.78, 5) is 0. The van der Waals surface area contributed by atoms with Crippen molar-refractivity contribution >= 4 is 0 Å². The summed E-state index contributed by atoms with van der Waals surface area (Å²) in [5.41, 5.74) is 6.31. The van der Waals surface area contributed by atoms with Gasteiger partial charge in [-0.05, 0) is 36.3 Å².